The van der Waals surface area contributed by atoms with E-state index < -0.39 is 10.0 Å². The van der Waals surface area contributed by atoms with Gasteiger partial charge in [0, 0.05) is 39.3 Å². The SMILES string of the molecule is CC1CCC(N(C)C(=O)CN2CCN(S(C)(=O)=O)CC2)CC1. The molecule has 1 aliphatic carbocycles. The van der Waals surface area contributed by atoms with Gasteiger partial charge in [-0.05, 0) is 31.6 Å². The van der Waals surface area contributed by atoms with Crippen LogP contribution in [0.5, 0.6) is 0 Å². The molecule has 0 unspecified atom stereocenters. The van der Waals surface area contributed by atoms with Gasteiger partial charge < -0.3 is 4.90 Å². The van der Waals surface area contributed by atoms with Gasteiger partial charge in [0.05, 0.1) is 12.8 Å². The van der Waals surface area contributed by atoms with Crippen LogP contribution >= 0.6 is 0 Å². The van der Waals surface area contributed by atoms with Crippen LogP contribution in [0.2, 0.25) is 0 Å². The predicted octanol–water partition coefficient (Wildman–Crippen LogP) is 0.601. The Morgan fingerprint density at radius 1 is 1.09 bits per heavy atom. The van der Waals surface area contributed by atoms with E-state index in [1.807, 2.05) is 11.9 Å². The largest absolute Gasteiger partial charge is 0.342 e. The van der Waals surface area contributed by atoms with E-state index in [9.17, 15) is 13.2 Å². The molecule has 22 heavy (non-hydrogen) atoms. The molecule has 1 heterocycles. The number of likely N-dealkylation sites (N-methyl/N-ethyl adjacent to an activating group) is 1. The van der Waals surface area contributed by atoms with Gasteiger partial charge in [0.25, 0.3) is 0 Å². The highest BCUT2D eigenvalue weighted by Gasteiger charge is 2.28. The molecule has 0 bridgehead atoms. The van der Waals surface area contributed by atoms with Crippen LogP contribution < -0.4 is 0 Å². The van der Waals surface area contributed by atoms with Gasteiger partial charge in [0.15, 0.2) is 0 Å². The van der Waals surface area contributed by atoms with Gasteiger partial charge >= 0.3 is 0 Å². The molecule has 0 aromatic carbocycles. The molecule has 0 aromatic heterocycles. The lowest BCUT2D eigenvalue weighted by Gasteiger charge is -2.37. The Morgan fingerprint density at radius 3 is 2.14 bits per heavy atom. The third kappa shape index (κ3) is 4.67. The Bertz CT molecular complexity index is 478. The fraction of sp³-hybridized carbons (Fsp3) is 0.933. The van der Waals surface area contributed by atoms with E-state index in [1.54, 1.807) is 0 Å². The summed E-state index contributed by atoms with van der Waals surface area (Å²) in [5.41, 5.74) is 0. The smallest absolute Gasteiger partial charge is 0.236 e. The number of rotatable bonds is 4. The molecule has 1 saturated heterocycles. The number of nitrogens with zero attached hydrogens (tertiary/aromatic N) is 3. The molecule has 0 spiro atoms. The van der Waals surface area contributed by atoms with E-state index in [-0.39, 0.29) is 5.91 Å². The molecule has 6 nitrogen and oxygen atoms in total. The highest BCUT2D eigenvalue weighted by molar-refractivity contribution is 7.88. The Morgan fingerprint density at radius 2 is 1.64 bits per heavy atom. The Hall–Kier alpha value is -0.660. The van der Waals surface area contributed by atoms with Crippen molar-refractivity contribution in [1.29, 1.82) is 0 Å². The molecule has 2 rings (SSSR count). The average molecular weight is 331 g/mol. The van der Waals surface area contributed by atoms with Gasteiger partial charge in [0.2, 0.25) is 15.9 Å². The molecule has 0 radical (unpaired) electrons. The van der Waals surface area contributed by atoms with Crippen molar-refractivity contribution in [1.82, 2.24) is 14.1 Å². The number of piperazine rings is 1. The maximum Gasteiger partial charge on any atom is 0.236 e. The number of carbonyl (C=O) groups is 1. The molecule has 0 N–H and O–H groups in total. The van der Waals surface area contributed by atoms with Crippen molar-refractivity contribution in [2.45, 2.75) is 38.6 Å². The van der Waals surface area contributed by atoms with E-state index in [1.165, 1.54) is 23.4 Å². The van der Waals surface area contributed by atoms with Crippen molar-refractivity contribution in [3.63, 3.8) is 0 Å². The molecule has 7 heteroatoms. The van der Waals surface area contributed by atoms with Gasteiger partial charge in [-0.25, -0.2) is 8.42 Å². The van der Waals surface area contributed by atoms with Crippen molar-refractivity contribution in [3.8, 4) is 0 Å². The summed E-state index contributed by atoms with van der Waals surface area (Å²) < 4.78 is 24.5. The minimum absolute atomic E-state index is 0.160. The number of amides is 1. The normalized spacial score (nSPS) is 28.5. The van der Waals surface area contributed by atoms with Crippen LogP contribution in [0.3, 0.4) is 0 Å². The predicted molar refractivity (Wildman–Crippen MR) is 87.0 cm³/mol. The van der Waals surface area contributed by atoms with Crippen LogP contribution in [0.15, 0.2) is 0 Å². The first-order valence-electron chi connectivity index (χ1n) is 8.20. The Kier molecular flexibility index (Phi) is 5.85. The van der Waals surface area contributed by atoms with E-state index in [4.69, 9.17) is 0 Å². The monoisotopic (exact) mass is 331 g/mol. The molecule has 1 saturated carbocycles. The zero-order valence-corrected chi connectivity index (χ0v) is 14.8. The zero-order valence-electron chi connectivity index (χ0n) is 14.0. The molecule has 1 amide bonds. The molecule has 1 aliphatic heterocycles. The average Bonchev–Trinajstić information content (AvgIpc) is 2.47. The van der Waals surface area contributed by atoms with Gasteiger partial charge in [-0.2, -0.15) is 4.31 Å². The summed E-state index contributed by atoms with van der Waals surface area (Å²) in [6.07, 6.45) is 5.85. The van der Waals surface area contributed by atoms with Gasteiger partial charge in [-0.1, -0.05) is 6.92 Å². The fourth-order valence-corrected chi connectivity index (χ4v) is 4.18. The van der Waals surface area contributed by atoms with Crippen molar-refractivity contribution in [2.75, 3.05) is 46.0 Å². The number of hydrogen-bond acceptors (Lipinski definition) is 4. The van der Waals surface area contributed by atoms with Crippen molar-refractivity contribution < 1.29 is 13.2 Å². The lowest BCUT2D eigenvalue weighted by molar-refractivity contribution is -0.134. The van der Waals surface area contributed by atoms with Crippen molar-refractivity contribution >= 4 is 15.9 Å². The van der Waals surface area contributed by atoms with E-state index in [2.05, 4.69) is 11.8 Å². The van der Waals surface area contributed by atoms with Gasteiger partial charge in [-0.3, -0.25) is 9.69 Å². The summed E-state index contributed by atoms with van der Waals surface area (Å²) in [6, 6.07) is 0.376. The molecule has 128 valence electrons. The summed E-state index contributed by atoms with van der Waals surface area (Å²) in [5.74, 6) is 0.941. The van der Waals surface area contributed by atoms with E-state index in [0.717, 1.165) is 18.8 Å². The maximum absolute atomic E-state index is 12.4. The van der Waals surface area contributed by atoms with Gasteiger partial charge in [0.1, 0.15) is 0 Å². The molecular weight excluding hydrogens is 302 g/mol. The van der Waals surface area contributed by atoms with Crippen LogP contribution in [-0.2, 0) is 14.8 Å². The van der Waals surface area contributed by atoms with Crippen LogP contribution in [-0.4, -0.2) is 80.5 Å². The zero-order chi connectivity index (χ0) is 16.3. The third-order valence-electron chi connectivity index (χ3n) is 5.09. The van der Waals surface area contributed by atoms with E-state index >= 15 is 0 Å². The van der Waals surface area contributed by atoms with Gasteiger partial charge in [-0.15, -0.1) is 0 Å². The number of hydrogen-bond donors (Lipinski definition) is 0. The molecule has 0 atom stereocenters. The first-order valence-corrected chi connectivity index (χ1v) is 10.1. The summed E-state index contributed by atoms with van der Waals surface area (Å²) in [4.78, 5) is 16.4. The minimum Gasteiger partial charge on any atom is -0.342 e. The highest BCUT2D eigenvalue weighted by Crippen LogP contribution is 2.26. The quantitative estimate of drug-likeness (QED) is 0.757. The second-order valence-electron chi connectivity index (χ2n) is 6.86. The fourth-order valence-electron chi connectivity index (χ4n) is 3.36. The van der Waals surface area contributed by atoms with Crippen LogP contribution in [0, 0.1) is 5.92 Å². The maximum atomic E-state index is 12.4. The number of sulfonamides is 1. The molecular formula is C15H29N3O3S. The lowest BCUT2D eigenvalue weighted by atomic mass is 9.87. The standard InChI is InChI=1S/C15H29N3O3S/c1-13-4-6-14(7-5-13)16(2)15(19)12-17-8-10-18(11-9-17)22(3,20)21/h13-14H,4-12H2,1-3H3. The Labute approximate surface area is 134 Å². The lowest BCUT2D eigenvalue weighted by Crippen LogP contribution is -2.52. The minimum atomic E-state index is -3.11. The highest BCUT2D eigenvalue weighted by atomic mass is 32.2. The summed E-state index contributed by atoms with van der Waals surface area (Å²) in [6.45, 7) is 4.91. The topological polar surface area (TPSA) is 60.9 Å². The molecule has 2 fully saturated rings. The van der Waals surface area contributed by atoms with Crippen molar-refractivity contribution in [3.05, 3.63) is 0 Å². The van der Waals surface area contributed by atoms with Crippen molar-refractivity contribution in [2.24, 2.45) is 5.92 Å². The summed E-state index contributed by atoms with van der Waals surface area (Å²) in [7, 11) is -1.19. The Balaban J connectivity index is 1.78. The van der Waals surface area contributed by atoms with E-state index in [0.29, 0.717) is 38.8 Å². The molecule has 2 aliphatic rings. The molecule has 0 aromatic rings. The second-order valence-corrected chi connectivity index (χ2v) is 8.84. The summed E-state index contributed by atoms with van der Waals surface area (Å²) >= 11 is 0. The first-order chi connectivity index (χ1) is 10.3. The van der Waals surface area contributed by atoms with Crippen LogP contribution in [0.25, 0.3) is 0 Å². The number of carbonyl (C=O) groups excluding carboxylic acids is 1. The second kappa shape index (κ2) is 7.27. The summed E-state index contributed by atoms with van der Waals surface area (Å²) in [5, 5.41) is 0. The third-order valence-corrected chi connectivity index (χ3v) is 6.39. The first kappa shape index (κ1) is 17.7. The van der Waals surface area contributed by atoms with Crippen LogP contribution in [0.4, 0.5) is 0 Å². The van der Waals surface area contributed by atoms with Crippen LogP contribution in [0.1, 0.15) is 32.6 Å².